The third kappa shape index (κ3) is 4.65. The maximum Gasteiger partial charge on any atom is 0.271 e. The number of ether oxygens (including phenoxy) is 1. The number of aromatic nitrogens is 1. The summed E-state index contributed by atoms with van der Waals surface area (Å²) in [5.41, 5.74) is 2.57. The predicted molar refractivity (Wildman–Crippen MR) is 110 cm³/mol. The second kappa shape index (κ2) is 9.10. The Hall–Kier alpha value is -2.54. The van der Waals surface area contributed by atoms with Gasteiger partial charge in [-0.1, -0.05) is 60.7 Å². The molecule has 1 saturated heterocycles. The summed E-state index contributed by atoms with van der Waals surface area (Å²) in [4.78, 5) is 19.8. The Morgan fingerprint density at radius 2 is 1.64 bits per heavy atom. The number of nitrogens with one attached hydrogen (secondary N) is 1. The molecule has 1 aromatic heterocycles. The smallest absolute Gasteiger partial charge is 0.271 e. The Labute approximate surface area is 169 Å². The van der Waals surface area contributed by atoms with Crippen LogP contribution in [0.15, 0.2) is 66.0 Å². The molecule has 144 valence electrons. The molecular weight excluding hydrogens is 370 g/mol. The van der Waals surface area contributed by atoms with E-state index in [1.54, 1.807) is 0 Å². The summed E-state index contributed by atoms with van der Waals surface area (Å²) in [7, 11) is 0. The highest BCUT2D eigenvalue weighted by molar-refractivity contribution is 7.09. The third-order valence-electron chi connectivity index (χ3n) is 4.79. The molecule has 1 amide bonds. The first kappa shape index (κ1) is 18.8. The first-order valence-electron chi connectivity index (χ1n) is 9.45. The van der Waals surface area contributed by atoms with Gasteiger partial charge in [-0.2, -0.15) is 0 Å². The molecule has 1 fully saturated rings. The maximum atomic E-state index is 12.9. The number of thiazole rings is 1. The number of amides is 1. The Morgan fingerprint density at radius 1 is 1.04 bits per heavy atom. The van der Waals surface area contributed by atoms with Crippen LogP contribution in [0.4, 0.5) is 0 Å². The lowest BCUT2D eigenvalue weighted by Gasteiger charge is -2.25. The first-order valence-corrected chi connectivity index (χ1v) is 10.3. The van der Waals surface area contributed by atoms with Crippen LogP contribution < -0.4 is 5.32 Å². The Kier molecular flexibility index (Phi) is 6.11. The predicted octanol–water partition coefficient (Wildman–Crippen LogP) is 3.49. The van der Waals surface area contributed by atoms with Crippen molar-refractivity contribution in [2.45, 2.75) is 12.6 Å². The fourth-order valence-electron chi connectivity index (χ4n) is 3.29. The lowest BCUT2D eigenvalue weighted by Crippen LogP contribution is -2.35. The van der Waals surface area contributed by atoms with E-state index in [0.717, 1.165) is 49.0 Å². The number of carbonyl (C=O) groups is 1. The zero-order chi connectivity index (χ0) is 19.2. The van der Waals surface area contributed by atoms with Gasteiger partial charge in [-0.15, -0.1) is 11.3 Å². The Bertz CT molecular complexity index is 853. The molecule has 1 N–H and O–H groups in total. The van der Waals surface area contributed by atoms with Crippen LogP contribution in [0.2, 0.25) is 0 Å². The molecule has 1 aliphatic rings. The minimum Gasteiger partial charge on any atom is -0.379 e. The summed E-state index contributed by atoms with van der Waals surface area (Å²) < 4.78 is 5.39. The zero-order valence-electron chi connectivity index (χ0n) is 15.6. The van der Waals surface area contributed by atoms with Crippen molar-refractivity contribution in [1.82, 2.24) is 15.2 Å². The van der Waals surface area contributed by atoms with Gasteiger partial charge in [0.05, 0.1) is 25.8 Å². The minimum absolute atomic E-state index is 0.151. The van der Waals surface area contributed by atoms with Crippen LogP contribution in [0.3, 0.4) is 0 Å². The second-order valence-corrected chi connectivity index (χ2v) is 7.69. The first-order chi connectivity index (χ1) is 13.8. The van der Waals surface area contributed by atoms with Crippen molar-refractivity contribution in [3.63, 3.8) is 0 Å². The lowest BCUT2D eigenvalue weighted by molar-refractivity contribution is 0.0341. The standard InChI is InChI=1S/C22H23N3O2S/c26-22(19-16-28-20(23-19)15-25-11-13-27-14-12-25)24-21(17-7-3-1-4-8-17)18-9-5-2-6-10-18/h1-10,16,21H,11-15H2,(H,24,26). The molecule has 0 spiro atoms. The highest BCUT2D eigenvalue weighted by Gasteiger charge is 2.20. The number of rotatable bonds is 6. The van der Waals surface area contributed by atoms with Gasteiger partial charge in [0, 0.05) is 18.5 Å². The van der Waals surface area contributed by atoms with Crippen LogP contribution >= 0.6 is 11.3 Å². The second-order valence-electron chi connectivity index (χ2n) is 6.74. The van der Waals surface area contributed by atoms with Crippen molar-refractivity contribution in [2.24, 2.45) is 0 Å². The van der Waals surface area contributed by atoms with Crippen LogP contribution in [-0.4, -0.2) is 42.1 Å². The van der Waals surface area contributed by atoms with Crippen molar-refractivity contribution < 1.29 is 9.53 Å². The number of morpholine rings is 1. The maximum absolute atomic E-state index is 12.9. The molecule has 2 aromatic carbocycles. The van der Waals surface area contributed by atoms with Gasteiger partial charge in [-0.25, -0.2) is 4.98 Å². The number of nitrogens with zero attached hydrogens (tertiary/aromatic N) is 2. The molecule has 28 heavy (non-hydrogen) atoms. The molecule has 3 aromatic rings. The highest BCUT2D eigenvalue weighted by atomic mass is 32.1. The van der Waals surface area contributed by atoms with Gasteiger partial charge in [0.1, 0.15) is 10.7 Å². The fourth-order valence-corrected chi connectivity index (χ4v) is 4.11. The van der Waals surface area contributed by atoms with Crippen molar-refractivity contribution in [2.75, 3.05) is 26.3 Å². The van der Waals surface area contributed by atoms with Crippen molar-refractivity contribution >= 4 is 17.2 Å². The van der Waals surface area contributed by atoms with Crippen LogP contribution in [0, 0.1) is 0 Å². The summed E-state index contributed by atoms with van der Waals surface area (Å²) in [6, 6.07) is 19.8. The van der Waals surface area contributed by atoms with Crippen molar-refractivity contribution in [3.8, 4) is 0 Å². The Morgan fingerprint density at radius 3 is 2.25 bits per heavy atom. The molecule has 0 saturated carbocycles. The number of hydrogen-bond acceptors (Lipinski definition) is 5. The summed E-state index contributed by atoms with van der Waals surface area (Å²) in [6.45, 7) is 4.10. The van der Waals surface area contributed by atoms with Gasteiger partial charge < -0.3 is 10.1 Å². The Balaban J connectivity index is 1.49. The number of hydrogen-bond donors (Lipinski definition) is 1. The lowest BCUT2D eigenvalue weighted by atomic mass is 9.98. The van der Waals surface area contributed by atoms with E-state index in [1.807, 2.05) is 66.0 Å². The summed E-state index contributed by atoms with van der Waals surface area (Å²) >= 11 is 1.54. The van der Waals surface area contributed by atoms with E-state index in [-0.39, 0.29) is 11.9 Å². The monoisotopic (exact) mass is 393 g/mol. The van der Waals surface area contributed by atoms with E-state index in [4.69, 9.17) is 4.74 Å². The molecular formula is C22H23N3O2S. The van der Waals surface area contributed by atoms with Gasteiger partial charge in [0.2, 0.25) is 0 Å². The topological polar surface area (TPSA) is 54.5 Å². The molecule has 2 heterocycles. The van der Waals surface area contributed by atoms with Crippen LogP contribution in [0.25, 0.3) is 0 Å². The van der Waals surface area contributed by atoms with Gasteiger partial charge >= 0.3 is 0 Å². The molecule has 5 nitrogen and oxygen atoms in total. The van der Waals surface area contributed by atoms with Crippen LogP contribution in [0.5, 0.6) is 0 Å². The van der Waals surface area contributed by atoms with Crippen LogP contribution in [0.1, 0.15) is 32.7 Å². The summed E-state index contributed by atoms with van der Waals surface area (Å²) in [6.07, 6.45) is 0. The van der Waals surface area contributed by atoms with E-state index < -0.39 is 0 Å². The molecule has 0 atom stereocenters. The molecule has 6 heteroatoms. The average Bonchev–Trinajstić information content (AvgIpc) is 3.22. The van der Waals surface area contributed by atoms with E-state index in [9.17, 15) is 4.79 Å². The van der Waals surface area contributed by atoms with E-state index >= 15 is 0 Å². The molecule has 1 aliphatic heterocycles. The van der Waals surface area contributed by atoms with Crippen molar-refractivity contribution in [3.05, 3.63) is 87.9 Å². The molecule has 0 aliphatic carbocycles. The third-order valence-corrected chi connectivity index (χ3v) is 5.62. The highest BCUT2D eigenvalue weighted by Crippen LogP contribution is 2.23. The number of benzene rings is 2. The number of carbonyl (C=O) groups excluding carboxylic acids is 1. The quantitative estimate of drug-likeness (QED) is 0.697. The molecule has 4 rings (SSSR count). The zero-order valence-corrected chi connectivity index (χ0v) is 16.4. The van der Waals surface area contributed by atoms with Crippen LogP contribution in [-0.2, 0) is 11.3 Å². The van der Waals surface area contributed by atoms with Gasteiger partial charge in [0.15, 0.2) is 0 Å². The van der Waals surface area contributed by atoms with Gasteiger partial charge in [-0.3, -0.25) is 9.69 Å². The average molecular weight is 394 g/mol. The molecule has 0 radical (unpaired) electrons. The molecule has 0 bridgehead atoms. The van der Waals surface area contributed by atoms with E-state index in [2.05, 4.69) is 15.2 Å². The summed E-state index contributed by atoms with van der Waals surface area (Å²) in [5, 5.41) is 5.96. The minimum atomic E-state index is -0.209. The van der Waals surface area contributed by atoms with Gasteiger partial charge in [0.25, 0.3) is 5.91 Å². The van der Waals surface area contributed by atoms with E-state index in [1.165, 1.54) is 11.3 Å². The molecule has 0 unspecified atom stereocenters. The fraction of sp³-hybridized carbons (Fsp3) is 0.273. The normalized spacial score (nSPS) is 14.9. The van der Waals surface area contributed by atoms with Gasteiger partial charge in [-0.05, 0) is 11.1 Å². The van der Waals surface area contributed by atoms with E-state index in [0.29, 0.717) is 5.69 Å². The van der Waals surface area contributed by atoms with Crippen molar-refractivity contribution in [1.29, 1.82) is 0 Å². The SMILES string of the molecule is O=C(NC(c1ccccc1)c1ccccc1)c1csc(CN2CCOCC2)n1. The summed E-state index contributed by atoms with van der Waals surface area (Å²) in [5.74, 6) is -0.151. The largest absolute Gasteiger partial charge is 0.379 e.